The first kappa shape index (κ1) is 14.8. The second-order valence-electron chi connectivity index (χ2n) is 7.77. The van der Waals surface area contributed by atoms with Crippen molar-refractivity contribution in [3.05, 3.63) is 41.9 Å². The smallest absolute Gasteiger partial charge is 0.222 e. The lowest BCUT2D eigenvalue weighted by atomic mass is 9.81. The van der Waals surface area contributed by atoms with E-state index in [4.69, 9.17) is 9.15 Å². The van der Waals surface area contributed by atoms with E-state index in [9.17, 15) is 0 Å². The van der Waals surface area contributed by atoms with E-state index in [1.54, 1.807) is 6.20 Å². The van der Waals surface area contributed by atoms with Crippen LogP contribution in [0, 0.1) is 5.41 Å². The maximum Gasteiger partial charge on any atom is 0.222 e. The SMILES string of the molecule is CC(C)(C)[C@H]1OCC[C@@H]1c1nnc(C2CC2c2cccnc2)o1. The number of hydrogen-bond acceptors (Lipinski definition) is 5. The zero-order chi connectivity index (χ0) is 16.0. The number of ether oxygens (including phenoxy) is 1. The second kappa shape index (κ2) is 5.41. The first-order valence-electron chi connectivity index (χ1n) is 8.39. The van der Waals surface area contributed by atoms with E-state index in [1.807, 2.05) is 12.3 Å². The van der Waals surface area contributed by atoms with Crippen molar-refractivity contribution in [2.45, 2.75) is 57.5 Å². The van der Waals surface area contributed by atoms with Crippen molar-refractivity contribution < 1.29 is 9.15 Å². The maximum absolute atomic E-state index is 6.05. The average Bonchev–Trinajstić information content (AvgIpc) is 2.97. The predicted octanol–water partition coefficient (Wildman–Crippen LogP) is 3.65. The van der Waals surface area contributed by atoms with Gasteiger partial charge >= 0.3 is 0 Å². The van der Waals surface area contributed by atoms with Gasteiger partial charge in [-0.25, -0.2) is 0 Å². The molecule has 23 heavy (non-hydrogen) atoms. The van der Waals surface area contributed by atoms with Crippen molar-refractivity contribution in [1.29, 1.82) is 0 Å². The van der Waals surface area contributed by atoms with Crippen molar-refractivity contribution in [3.8, 4) is 0 Å². The lowest BCUT2D eigenvalue weighted by Gasteiger charge is -2.29. The summed E-state index contributed by atoms with van der Waals surface area (Å²) in [6.45, 7) is 7.37. The molecule has 1 saturated carbocycles. The molecule has 2 unspecified atom stereocenters. The molecule has 3 heterocycles. The van der Waals surface area contributed by atoms with Crippen LogP contribution < -0.4 is 0 Å². The van der Waals surface area contributed by atoms with Crippen LogP contribution in [0.25, 0.3) is 0 Å². The lowest BCUT2D eigenvalue weighted by molar-refractivity contribution is 0.0170. The highest BCUT2D eigenvalue weighted by Crippen LogP contribution is 2.54. The predicted molar refractivity (Wildman–Crippen MR) is 85.2 cm³/mol. The molecule has 0 radical (unpaired) electrons. The summed E-state index contributed by atoms with van der Waals surface area (Å²) in [5.41, 5.74) is 1.34. The van der Waals surface area contributed by atoms with Crippen LogP contribution in [0.2, 0.25) is 0 Å². The third-order valence-electron chi connectivity index (χ3n) is 4.94. The molecule has 2 aromatic heterocycles. The highest BCUT2D eigenvalue weighted by Gasteiger charge is 2.45. The van der Waals surface area contributed by atoms with Crippen molar-refractivity contribution in [1.82, 2.24) is 15.2 Å². The van der Waals surface area contributed by atoms with Crippen LogP contribution in [0.15, 0.2) is 28.9 Å². The zero-order valence-electron chi connectivity index (χ0n) is 13.9. The molecule has 2 aliphatic rings. The highest BCUT2D eigenvalue weighted by molar-refractivity contribution is 5.28. The summed E-state index contributed by atoms with van der Waals surface area (Å²) in [6, 6.07) is 4.10. The van der Waals surface area contributed by atoms with Crippen LogP contribution in [0.4, 0.5) is 0 Å². The summed E-state index contributed by atoms with van der Waals surface area (Å²) in [4.78, 5) is 4.20. The van der Waals surface area contributed by atoms with Gasteiger partial charge in [0, 0.05) is 24.9 Å². The topological polar surface area (TPSA) is 61.0 Å². The molecular weight excluding hydrogens is 290 g/mol. The molecule has 1 aliphatic carbocycles. The summed E-state index contributed by atoms with van der Waals surface area (Å²) in [6.07, 6.45) is 5.90. The van der Waals surface area contributed by atoms with Crippen molar-refractivity contribution in [2.24, 2.45) is 5.41 Å². The van der Waals surface area contributed by atoms with Crippen molar-refractivity contribution >= 4 is 0 Å². The molecule has 2 aromatic rings. The van der Waals surface area contributed by atoms with Gasteiger partial charge in [-0.3, -0.25) is 4.98 Å². The number of rotatable bonds is 3. The minimum absolute atomic E-state index is 0.0770. The van der Waals surface area contributed by atoms with Gasteiger partial charge in [0.15, 0.2) is 0 Å². The van der Waals surface area contributed by atoms with E-state index in [1.165, 1.54) is 5.56 Å². The Morgan fingerprint density at radius 1 is 1.09 bits per heavy atom. The van der Waals surface area contributed by atoms with E-state index in [0.29, 0.717) is 11.8 Å². The van der Waals surface area contributed by atoms with Crippen LogP contribution in [0.1, 0.15) is 68.7 Å². The highest BCUT2D eigenvalue weighted by atomic mass is 16.5. The Balaban J connectivity index is 1.50. The van der Waals surface area contributed by atoms with Gasteiger partial charge < -0.3 is 9.15 Å². The van der Waals surface area contributed by atoms with Gasteiger partial charge in [-0.1, -0.05) is 26.8 Å². The molecule has 4 atom stereocenters. The Morgan fingerprint density at radius 2 is 1.87 bits per heavy atom. The molecule has 4 rings (SSSR count). The number of aromatic nitrogens is 3. The van der Waals surface area contributed by atoms with E-state index in [0.717, 1.165) is 31.2 Å². The quantitative estimate of drug-likeness (QED) is 0.865. The van der Waals surface area contributed by atoms with Crippen molar-refractivity contribution in [2.75, 3.05) is 6.61 Å². The fourth-order valence-corrected chi connectivity index (χ4v) is 3.67. The molecule has 2 fully saturated rings. The van der Waals surface area contributed by atoms with Gasteiger partial charge in [0.2, 0.25) is 11.8 Å². The normalized spacial score (nSPS) is 30.6. The standard InChI is InChI=1S/C18H23N3O2/c1-18(2,3)15-12(6-8-22-15)16-20-21-17(23-16)14-9-13(14)11-5-4-7-19-10-11/h4-5,7,10,12-15H,6,8-9H2,1-3H3/t12-,13?,14?,15-/m0/s1. The molecule has 1 saturated heterocycles. The van der Waals surface area contributed by atoms with Crippen LogP contribution in [0.3, 0.4) is 0 Å². The largest absolute Gasteiger partial charge is 0.425 e. The molecule has 0 bridgehead atoms. The van der Waals surface area contributed by atoms with Crippen LogP contribution in [-0.2, 0) is 4.74 Å². The first-order chi connectivity index (χ1) is 11.0. The van der Waals surface area contributed by atoms with Crippen molar-refractivity contribution in [3.63, 3.8) is 0 Å². The number of pyridine rings is 1. The molecule has 1 aliphatic heterocycles. The molecular formula is C18H23N3O2. The lowest BCUT2D eigenvalue weighted by Crippen LogP contribution is -2.30. The third kappa shape index (κ3) is 2.78. The van der Waals surface area contributed by atoms with Crippen LogP contribution in [-0.4, -0.2) is 27.9 Å². The second-order valence-corrected chi connectivity index (χ2v) is 7.77. The molecule has 0 amide bonds. The third-order valence-corrected chi connectivity index (χ3v) is 4.94. The minimum Gasteiger partial charge on any atom is -0.425 e. The van der Waals surface area contributed by atoms with Gasteiger partial charge in [-0.2, -0.15) is 0 Å². The van der Waals surface area contributed by atoms with Crippen LogP contribution >= 0.6 is 0 Å². The van der Waals surface area contributed by atoms with Crippen LogP contribution in [0.5, 0.6) is 0 Å². The summed E-state index contributed by atoms with van der Waals surface area (Å²) in [5.74, 6) is 2.54. The van der Waals surface area contributed by atoms with Gasteiger partial charge in [-0.15, -0.1) is 10.2 Å². The van der Waals surface area contributed by atoms with Gasteiger partial charge in [0.1, 0.15) is 0 Å². The molecule has 5 heteroatoms. The Morgan fingerprint density at radius 3 is 2.57 bits per heavy atom. The first-order valence-corrected chi connectivity index (χ1v) is 8.39. The summed E-state index contributed by atoms with van der Waals surface area (Å²) in [5, 5.41) is 8.66. The zero-order valence-corrected chi connectivity index (χ0v) is 13.9. The monoisotopic (exact) mass is 313 g/mol. The molecule has 122 valence electrons. The Bertz CT molecular complexity index is 677. The van der Waals surface area contributed by atoms with Gasteiger partial charge in [0.05, 0.1) is 12.0 Å². The molecule has 0 spiro atoms. The summed E-state index contributed by atoms with van der Waals surface area (Å²) >= 11 is 0. The fourth-order valence-electron chi connectivity index (χ4n) is 3.67. The van der Waals surface area contributed by atoms with E-state index in [2.05, 4.69) is 42.0 Å². The fraction of sp³-hybridized carbons (Fsp3) is 0.611. The Labute approximate surface area is 136 Å². The van der Waals surface area contributed by atoms with E-state index < -0.39 is 0 Å². The Kier molecular flexibility index (Phi) is 3.48. The maximum atomic E-state index is 6.05. The average molecular weight is 313 g/mol. The number of nitrogens with zero attached hydrogens (tertiary/aromatic N) is 3. The van der Waals surface area contributed by atoms with E-state index in [-0.39, 0.29) is 17.4 Å². The Hall–Kier alpha value is -1.75. The molecule has 0 aromatic carbocycles. The molecule has 0 N–H and O–H groups in total. The van der Waals surface area contributed by atoms with Gasteiger partial charge in [-0.05, 0) is 35.8 Å². The molecule has 5 nitrogen and oxygen atoms in total. The van der Waals surface area contributed by atoms with E-state index >= 15 is 0 Å². The number of hydrogen-bond donors (Lipinski definition) is 0. The summed E-state index contributed by atoms with van der Waals surface area (Å²) < 4.78 is 12.0. The van der Waals surface area contributed by atoms with Gasteiger partial charge in [0.25, 0.3) is 0 Å². The summed E-state index contributed by atoms with van der Waals surface area (Å²) in [7, 11) is 0. The minimum atomic E-state index is 0.0770.